The van der Waals surface area contributed by atoms with Crippen molar-refractivity contribution in [3.63, 3.8) is 0 Å². The van der Waals surface area contributed by atoms with Gasteiger partial charge >= 0.3 is 0 Å². The molecule has 1 saturated carbocycles. The lowest BCUT2D eigenvalue weighted by molar-refractivity contribution is -0.128. The standard InChI is InChI=1S/C15H25N3O/c1-13-6-2-5-10-18(13)11-9-17-14(19)15(12-16)7-3-4-8-15/h13H,2-11H2,1H3,(H,17,19). The summed E-state index contributed by atoms with van der Waals surface area (Å²) in [5.74, 6) is -0.0443. The van der Waals surface area contributed by atoms with Crippen molar-refractivity contribution in [2.45, 2.75) is 57.9 Å². The van der Waals surface area contributed by atoms with E-state index < -0.39 is 5.41 Å². The molecule has 0 spiro atoms. The molecule has 0 bridgehead atoms. The summed E-state index contributed by atoms with van der Waals surface area (Å²) >= 11 is 0. The molecule has 4 nitrogen and oxygen atoms in total. The Bertz CT molecular complexity index is 355. The van der Waals surface area contributed by atoms with E-state index in [0.29, 0.717) is 12.6 Å². The van der Waals surface area contributed by atoms with E-state index in [1.54, 1.807) is 0 Å². The van der Waals surface area contributed by atoms with Crippen molar-refractivity contribution >= 4 is 5.91 Å². The molecule has 2 aliphatic rings. The van der Waals surface area contributed by atoms with Crippen LogP contribution in [0.2, 0.25) is 0 Å². The predicted molar refractivity (Wildman–Crippen MR) is 74.4 cm³/mol. The van der Waals surface area contributed by atoms with Crippen molar-refractivity contribution in [3.8, 4) is 6.07 Å². The summed E-state index contributed by atoms with van der Waals surface area (Å²) in [5.41, 5.74) is -0.729. The van der Waals surface area contributed by atoms with Gasteiger partial charge in [0.05, 0.1) is 6.07 Å². The van der Waals surface area contributed by atoms with Crippen LogP contribution >= 0.6 is 0 Å². The minimum absolute atomic E-state index is 0.0443. The molecule has 0 radical (unpaired) electrons. The van der Waals surface area contributed by atoms with Crippen molar-refractivity contribution in [1.82, 2.24) is 10.2 Å². The predicted octanol–water partition coefficient (Wildman–Crippen LogP) is 2.06. The number of rotatable bonds is 4. The molecule has 2 rings (SSSR count). The summed E-state index contributed by atoms with van der Waals surface area (Å²) in [6.07, 6.45) is 7.32. The first-order valence-electron chi connectivity index (χ1n) is 7.61. The summed E-state index contributed by atoms with van der Waals surface area (Å²) < 4.78 is 0. The van der Waals surface area contributed by atoms with E-state index in [4.69, 9.17) is 0 Å². The Morgan fingerprint density at radius 2 is 2.11 bits per heavy atom. The summed E-state index contributed by atoms with van der Waals surface area (Å²) in [6, 6.07) is 2.88. The van der Waals surface area contributed by atoms with E-state index in [0.717, 1.165) is 38.8 Å². The van der Waals surface area contributed by atoms with Gasteiger partial charge < -0.3 is 5.32 Å². The Morgan fingerprint density at radius 1 is 1.37 bits per heavy atom. The fraction of sp³-hybridized carbons (Fsp3) is 0.867. The number of likely N-dealkylation sites (tertiary alicyclic amines) is 1. The fourth-order valence-electron chi connectivity index (χ4n) is 3.34. The zero-order valence-electron chi connectivity index (χ0n) is 12.0. The lowest BCUT2D eigenvalue weighted by Gasteiger charge is -2.33. The minimum Gasteiger partial charge on any atom is -0.353 e. The largest absolute Gasteiger partial charge is 0.353 e. The van der Waals surface area contributed by atoms with Gasteiger partial charge in [-0.1, -0.05) is 19.3 Å². The second kappa shape index (κ2) is 6.38. The van der Waals surface area contributed by atoms with E-state index in [-0.39, 0.29) is 5.91 Å². The van der Waals surface area contributed by atoms with Gasteiger partial charge in [-0.2, -0.15) is 5.26 Å². The summed E-state index contributed by atoms with van der Waals surface area (Å²) in [6.45, 7) is 4.98. The normalized spacial score (nSPS) is 26.8. The van der Waals surface area contributed by atoms with Crippen LogP contribution in [0.1, 0.15) is 51.9 Å². The second-order valence-corrected chi connectivity index (χ2v) is 6.04. The number of carbonyl (C=O) groups excluding carboxylic acids is 1. The van der Waals surface area contributed by atoms with E-state index in [2.05, 4.69) is 23.2 Å². The van der Waals surface area contributed by atoms with E-state index in [1.165, 1.54) is 19.3 Å². The molecular weight excluding hydrogens is 238 g/mol. The van der Waals surface area contributed by atoms with Gasteiger partial charge in [0.15, 0.2) is 0 Å². The molecule has 1 aliphatic heterocycles. The Labute approximate surface area is 116 Å². The van der Waals surface area contributed by atoms with Crippen LogP contribution in [0.5, 0.6) is 0 Å². The first-order chi connectivity index (χ1) is 9.18. The lowest BCUT2D eigenvalue weighted by Crippen LogP contribution is -2.45. The highest BCUT2D eigenvalue weighted by Crippen LogP contribution is 2.37. The number of amides is 1. The zero-order chi connectivity index (χ0) is 13.7. The average molecular weight is 263 g/mol. The van der Waals surface area contributed by atoms with Gasteiger partial charge in [-0.25, -0.2) is 0 Å². The molecule has 1 saturated heterocycles. The van der Waals surface area contributed by atoms with Crippen molar-refractivity contribution < 1.29 is 4.79 Å². The Balaban J connectivity index is 1.76. The van der Waals surface area contributed by atoms with Crippen LogP contribution in [-0.2, 0) is 4.79 Å². The number of nitrogens with zero attached hydrogens (tertiary/aromatic N) is 2. The van der Waals surface area contributed by atoms with Gasteiger partial charge in [-0.05, 0) is 39.2 Å². The van der Waals surface area contributed by atoms with E-state index >= 15 is 0 Å². The Hall–Kier alpha value is -1.08. The van der Waals surface area contributed by atoms with Crippen molar-refractivity contribution in [2.24, 2.45) is 5.41 Å². The van der Waals surface area contributed by atoms with Crippen LogP contribution in [-0.4, -0.2) is 36.5 Å². The van der Waals surface area contributed by atoms with Crippen LogP contribution in [0.4, 0.5) is 0 Å². The van der Waals surface area contributed by atoms with Gasteiger partial charge in [0.25, 0.3) is 0 Å². The molecule has 0 aromatic carbocycles. The third-order valence-electron chi connectivity index (χ3n) is 4.73. The van der Waals surface area contributed by atoms with Crippen LogP contribution in [0.15, 0.2) is 0 Å². The molecule has 1 aliphatic carbocycles. The molecular formula is C15H25N3O. The van der Waals surface area contributed by atoms with Crippen molar-refractivity contribution in [1.29, 1.82) is 5.26 Å². The summed E-state index contributed by atoms with van der Waals surface area (Å²) in [4.78, 5) is 14.6. The average Bonchev–Trinajstić information content (AvgIpc) is 2.91. The van der Waals surface area contributed by atoms with Crippen LogP contribution in [0.25, 0.3) is 0 Å². The molecule has 2 fully saturated rings. The maximum atomic E-state index is 12.2. The topological polar surface area (TPSA) is 56.1 Å². The molecule has 1 amide bonds. The Kier molecular flexibility index (Phi) is 4.81. The molecule has 1 atom stereocenters. The monoisotopic (exact) mass is 263 g/mol. The van der Waals surface area contributed by atoms with Gasteiger partial charge in [-0.15, -0.1) is 0 Å². The third kappa shape index (κ3) is 3.27. The fourth-order valence-corrected chi connectivity index (χ4v) is 3.34. The summed E-state index contributed by atoms with van der Waals surface area (Å²) in [5, 5.41) is 12.2. The van der Waals surface area contributed by atoms with Crippen LogP contribution in [0, 0.1) is 16.7 Å². The van der Waals surface area contributed by atoms with Crippen molar-refractivity contribution in [3.05, 3.63) is 0 Å². The number of nitrogens with one attached hydrogen (secondary N) is 1. The number of hydrogen-bond acceptors (Lipinski definition) is 3. The Morgan fingerprint density at radius 3 is 2.74 bits per heavy atom. The lowest BCUT2D eigenvalue weighted by atomic mass is 9.87. The SMILES string of the molecule is CC1CCCCN1CCNC(=O)C1(C#N)CCCC1. The number of nitriles is 1. The molecule has 19 heavy (non-hydrogen) atoms. The van der Waals surface area contributed by atoms with E-state index in [1.807, 2.05) is 0 Å². The maximum absolute atomic E-state index is 12.2. The van der Waals surface area contributed by atoms with Gasteiger partial charge in [0.1, 0.15) is 5.41 Å². The second-order valence-electron chi connectivity index (χ2n) is 6.04. The first-order valence-corrected chi connectivity index (χ1v) is 7.61. The van der Waals surface area contributed by atoms with Crippen LogP contribution in [0.3, 0.4) is 0 Å². The maximum Gasteiger partial charge on any atom is 0.240 e. The summed E-state index contributed by atoms with van der Waals surface area (Å²) in [7, 11) is 0. The third-order valence-corrected chi connectivity index (χ3v) is 4.73. The van der Waals surface area contributed by atoms with Gasteiger partial charge in [-0.3, -0.25) is 9.69 Å². The molecule has 106 valence electrons. The highest BCUT2D eigenvalue weighted by atomic mass is 16.2. The minimum atomic E-state index is -0.729. The smallest absolute Gasteiger partial charge is 0.240 e. The van der Waals surface area contributed by atoms with Gasteiger partial charge in [0.2, 0.25) is 5.91 Å². The van der Waals surface area contributed by atoms with E-state index in [9.17, 15) is 10.1 Å². The molecule has 0 aromatic heterocycles. The van der Waals surface area contributed by atoms with Crippen LogP contribution < -0.4 is 5.32 Å². The molecule has 1 unspecified atom stereocenters. The van der Waals surface area contributed by atoms with Crippen molar-refractivity contribution in [2.75, 3.05) is 19.6 Å². The zero-order valence-corrected chi connectivity index (χ0v) is 12.0. The highest BCUT2D eigenvalue weighted by Gasteiger charge is 2.41. The molecule has 1 N–H and O–H groups in total. The highest BCUT2D eigenvalue weighted by molar-refractivity contribution is 5.85. The molecule has 1 heterocycles. The first kappa shape index (κ1) is 14.3. The number of carbonyl (C=O) groups is 1. The number of hydrogen-bond donors (Lipinski definition) is 1. The molecule has 4 heteroatoms. The molecule has 0 aromatic rings. The number of piperidine rings is 1. The van der Waals surface area contributed by atoms with Gasteiger partial charge in [0, 0.05) is 19.1 Å². The quantitative estimate of drug-likeness (QED) is 0.844.